The van der Waals surface area contributed by atoms with Crippen molar-refractivity contribution < 1.29 is 9.90 Å². The number of rotatable bonds is 6. The topological polar surface area (TPSA) is 82.2 Å². The van der Waals surface area contributed by atoms with Gasteiger partial charge in [-0.25, -0.2) is 0 Å². The fraction of sp³-hybridized carbons (Fsp3) is 0.375. The molecule has 21 heavy (non-hydrogen) atoms. The molecule has 0 spiro atoms. The van der Waals surface area contributed by atoms with E-state index < -0.39 is 0 Å². The monoisotopic (exact) mass is 288 g/mol. The van der Waals surface area contributed by atoms with E-state index in [-0.39, 0.29) is 29.6 Å². The normalized spacial score (nSPS) is 12.3. The largest absolute Gasteiger partial charge is 0.396 e. The molecule has 0 aliphatic heterocycles. The van der Waals surface area contributed by atoms with Crippen LogP contribution in [0.2, 0.25) is 0 Å². The molecule has 5 nitrogen and oxygen atoms in total. The van der Waals surface area contributed by atoms with Crippen LogP contribution in [0.25, 0.3) is 10.9 Å². The summed E-state index contributed by atoms with van der Waals surface area (Å²) in [6.45, 7) is 2.62. The summed E-state index contributed by atoms with van der Waals surface area (Å²) in [5.74, 6) is -0.0552. The molecule has 1 aromatic carbocycles. The van der Waals surface area contributed by atoms with Crippen LogP contribution in [0, 0.1) is 5.92 Å². The summed E-state index contributed by atoms with van der Waals surface area (Å²) in [5, 5.41) is 12.3. The average molecular weight is 288 g/mol. The number of carbonyl (C=O) groups is 1. The number of amides is 1. The van der Waals surface area contributed by atoms with Gasteiger partial charge in [0.2, 0.25) is 0 Å². The Bertz CT molecular complexity index is 679. The minimum absolute atomic E-state index is 0.112. The first-order valence-corrected chi connectivity index (χ1v) is 7.16. The van der Waals surface area contributed by atoms with E-state index in [0.29, 0.717) is 23.9 Å². The van der Waals surface area contributed by atoms with E-state index in [2.05, 4.69) is 10.3 Å². The smallest absolute Gasteiger partial charge is 0.267 e. The lowest BCUT2D eigenvalue weighted by Crippen LogP contribution is -2.30. The molecular weight excluding hydrogens is 268 g/mol. The fourth-order valence-corrected chi connectivity index (χ4v) is 2.28. The van der Waals surface area contributed by atoms with Crippen LogP contribution in [-0.4, -0.2) is 29.1 Å². The van der Waals surface area contributed by atoms with Crippen LogP contribution >= 0.6 is 0 Å². The average Bonchev–Trinajstić information content (AvgIpc) is 2.51. The summed E-state index contributed by atoms with van der Waals surface area (Å²) in [5.41, 5.74) is 0.743. The van der Waals surface area contributed by atoms with E-state index >= 15 is 0 Å². The zero-order valence-electron chi connectivity index (χ0n) is 12.1. The predicted molar refractivity (Wildman–Crippen MR) is 82.4 cm³/mol. The number of para-hydroxylation sites is 1. The molecule has 0 radical (unpaired) electrons. The number of hydrogen-bond donors (Lipinski definition) is 3. The third-order valence-corrected chi connectivity index (χ3v) is 3.65. The number of aliphatic hydroxyl groups excluding tert-OH is 1. The van der Waals surface area contributed by atoms with Crippen LogP contribution in [0.3, 0.4) is 0 Å². The highest BCUT2D eigenvalue weighted by Gasteiger charge is 2.12. The second-order valence-corrected chi connectivity index (χ2v) is 5.09. The second kappa shape index (κ2) is 7.04. The van der Waals surface area contributed by atoms with E-state index in [0.717, 1.165) is 6.42 Å². The lowest BCUT2D eigenvalue weighted by molar-refractivity contribution is 0.0939. The van der Waals surface area contributed by atoms with Gasteiger partial charge in [0.25, 0.3) is 5.91 Å². The van der Waals surface area contributed by atoms with Crippen molar-refractivity contribution in [2.75, 3.05) is 13.2 Å². The molecule has 5 heteroatoms. The van der Waals surface area contributed by atoms with Crippen LogP contribution in [0.15, 0.2) is 35.1 Å². The molecule has 0 saturated carbocycles. The second-order valence-electron chi connectivity index (χ2n) is 5.09. The summed E-state index contributed by atoms with van der Waals surface area (Å²) in [4.78, 5) is 27.1. The van der Waals surface area contributed by atoms with Gasteiger partial charge in [-0.15, -0.1) is 0 Å². The highest BCUT2D eigenvalue weighted by molar-refractivity contribution is 5.94. The molecule has 0 saturated heterocycles. The zero-order chi connectivity index (χ0) is 15.2. The number of aromatic amines is 1. The number of fused-ring (bicyclic) bond motifs is 1. The minimum Gasteiger partial charge on any atom is -0.396 e. The number of H-pyrrole nitrogens is 1. The number of aromatic nitrogens is 1. The number of nitrogens with one attached hydrogen (secondary N) is 2. The zero-order valence-corrected chi connectivity index (χ0v) is 12.1. The van der Waals surface area contributed by atoms with Crippen molar-refractivity contribution in [1.29, 1.82) is 0 Å². The molecule has 1 aromatic heterocycles. The first-order chi connectivity index (χ1) is 10.2. The van der Waals surface area contributed by atoms with E-state index in [1.165, 1.54) is 6.07 Å². The summed E-state index contributed by atoms with van der Waals surface area (Å²) in [6, 6.07) is 8.43. The maximum absolute atomic E-state index is 12.1. The first-order valence-electron chi connectivity index (χ1n) is 7.16. The Balaban J connectivity index is 2.14. The third kappa shape index (κ3) is 3.70. The molecule has 1 atom stereocenters. The van der Waals surface area contributed by atoms with Gasteiger partial charge >= 0.3 is 0 Å². The molecule has 2 rings (SSSR count). The summed E-state index contributed by atoms with van der Waals surface area (Å²) >= 11 is 0. The van der Waals surface area contributed by atoms with Gasteiger partial charge in [-0.2, -0.15) is 0 Å². The van der Waals surface area contributed by atoms with Crippen molar-refractivity contribution in [3.63, 3.8) is 0 Å². The van der Waals surface area contributed by atoms with E-state index in [1.54, 1.807) is 18.2 Å². The van der Waals surface area contributed by atoms with Gasteiger partial charge in [-0.1, -0.05) is 25.5 Å². The molecule has 0 aliphatic carbocycles. The quantitative estimate of drug-likeness (QED) is 0.756. The molecule has 112 valence electrons. The van der Waals surface area contributed by atoms with Gasteiger partial charge in [0, 0.05) is 30.1 Å². The van der Waals surface area contributed by atoms with Gasteiger partial charge in [-0.05, 0) is 24.5 Å². The molecule has 3 N–H and O–H groups in total. The number of aliphatic hydroxyl groups is 1. The van der Waals surface area contributed by atoms with Crippen LogP contribution in [0.5, 0.6) is 0 Å². The minimum atomic E-state index is -0.297. The predicted octanol–water partition coefficient (Wildman–Crippen LogP) is 1.67. The van der Waals surface area contributed by atoms with Crippen molar-refractivity contribution in [3.05, 3.63) is 46.2 Å². The fourth-order valence-electron chi connectivity index (χ4n) is 2.28. The third-order valence-electron chi connectivity index (χ3n) is 3.65. The Kier molecular flexibility index (Phi) is 5.11. The molecule has 1 heterocycles. The highest BCUT2D eigenvalue weighted by Crippen LogP contribution is 2.08. The van der Waals surface area contributed by atoms with E-state index in [1.807, 2.05) is 13.0 Å². The summed E-state index contributed by atoms with van der Waals surface area (Å²) < 4.78 is 0. The number of hydrogen-bond acceptors (Lipinski definition) is 3. The number of pyridine rings is 1. The van der Waals surface area contributed by atoms with Gasteiger partial charge in [0.05, 0.1) is 0 Å². The SMILES string of the molecule is CCC(CCO)CNC(=O)c1cc(=O)c2ccccc2[nH]1. The highest BCUT2D eigenvalue weighted by atomic mass is 16.3. The molecule has 0 fully saturated rings. The Labute approximate surface area is 123 Å². The standard InChI is InChI=1S/C16H20N2O3/c1-2-11(7-8-19)10-17-16(21)14-9-15(20)12-5-3-4-6-13(12)18-14/h3-6,9,11,19H,2,7-8,10H2,1H3,(H,17,21)(H,18,20). The van der Waals surface area contributed by atoms with Crippen LogP contribution in [0.1, 0.15) is 30.3 Å². The van der Waals surface area contributed by atoms with Gasteiger partial charge in [0.1, 0.15) is 5.69 Å². The van der Waals surface area contributed by atoms with Crippen molar-refractivity contribution in [2.45, 2.75) is 19.8 Å². The number of carbonyl (C=O) groups excluding carboxylic acids is 1. The number of benzene rings is 1. The van der Waals surface area contributed by atoms with Gasteiger partial charge < -0.3 is 15.4 Å². The Morgan fingerprint density at radius 3 is 2.86 bits per heavy atom. The molecule has 0 aliphatic rings. The van der Waals surface area contributed by atoms with Gasteiger partial charge in [0.15, 0.2) is 5.43 Å². The maximum Gasteiger partial charge on any atom is 0.267 e. The molecule has 0 bridgehead atoms. The lowest BCUT2D eigenvalue weighted by atomic mass is 10.0. The van der Waals surface area contributed by atoms with Gasteiger partial charge in [-0.3, -0.25) is 9.59 Å². The Hall–Kier alpha value is -2.14. The van der Waals surface area contributed by atoms with Crippen LogP contribution in [-0.2, 0) is 0 Å². The summed E-state index contributed by atoms with van der Waals surface area (Å²) in [6.07, 6.45) is 1.54. The van der Waals surface area contributed by atoms with E-state index in [4.69, 9.17) is 5.11 Å². The molecule has 1 unspecified atom stereocenters. The Morgan fingerprint density at radius 1 is 1.38 bits per heavy atom. The van der Waals surface area contributed by atoms with Crippen molar-refractivity contribution >= 4 is 16.8 Å². The van der Waals surface area contributed by atoms with E-state index in [9.17, 15) is 9.59 Å². The summed E-state index contributed by atoms with van der Waals surface area (Å²) in [7, 11) is 0. The first kappa shape index (κ1) is 15.3. The lowest BCUT2D eigenvalue weighted by Gasteiger charge is -2.14. The Morgan fingerprint density at radius 2 is 2.14 bits per heavy atom. The maximum atomic E-state index is 12.1. The molecule has 2 aromatic rings. The molecular formula is C16H20N2O3. The van der Waals surface area contributed by atoms with Crippen molar-refractivity contribution in [1.82, 2.24) is 10.3 Å². The van der Waals surface area contributed by atoms with Crippen molar-refractivity contribution in [3.8, 4) is 0 Å². The van der Waals surface area contributed by atoms with Crippen LogP contribution < -0.4 is 10.7 Å². The van der Waals surface area contributed by atoms with Crippen LogP contribution in [0.4, 0.5) is 0 Å². The molecule has 1 amide bonds. The van der Waals surface area contributed by atoms with Crippen molar-refractivity contribution in [2.24, 2.45) is 5.92 Å².